The van der Waals surface area contributed by atoms with Crippen molar-refractivity contribution in [1.82, 2.24) is 5.32 Å². The van der Waals surface area contributed by atoms with Crippen LogP contribution in [0, 0.1) is 0 Å². The lowest BCUT2D eigenvalue weighted by Gasteiger charge is -2.16. The van der Waals surface area contributed by atoms with Gasteiger partial charge >= 0.3 is 0 Å². The first kappa shape index (κ1) is 12.1. The van der Waals surface area contributed by atoms with Crippen LogP contribution in [0.15, 0.2) is 24.3 Å². The molecule has 1 N–H and O–H groups in total. The molecule has 0 heterocycles. The molecule has 1 unspecified atom stereocenters. The topological polar surface area (TPSA) is 21.3 Å². The van der Waals surface area contributed by atoms with Crippen molar-refractivity contribution in [2.45, 2.75) is 32.7 Å². The molecule has 0 saturated heterocycles. The monoisotopic (exact) mass is 207 g/mol. The molecule has 0 fully saturated rings. The smallest absolute Gasteiger partial charge is 0.122 e. The fourth-order valence-electron chi connectivity index (χ4n) is 1.39. The van der Waals surface area contributed by atoms with Gasteiger partial charge in [0.2, 0.25) is 0 Å². The Morgan fingerprint density at radius 3 is 2.47 bits per heavy atom. The average molecular weight is 207 g/mol. The van der Waals surface area contributed by atoms with E-state index in [1.54, 1.807) is 0 Å². The van der Waals surface area contributed by atoms with Crippen LogP contribution in [0.5, 0.6) is 5.75 Å². The normalized spacial score (nSPS) is 12.9. The molecule has 1 aromatic rings. The lowest BCUT2D eigenvalue weighted by molar-refractivity contribution is 0.276. The summed E-state index contributed by atoms with van der Waals surface area (Å²) >= 11 is 0. The fourth-order valence-corrected chi connectivity index (χ4v) is 1.39. The minimum atomic E-state index is 0.380. The lowest BCUT2D eigenvalue weighted by atomic mass is 10.0. The summed E-state index contributed by atoms with van der Waals surface area (Å²) in [7, 11) is 1.95. The minimum Gasteiger partial charge on any atom is -0.492 e. The molecule has 0 aromatic heterocycles. The molecule has 1 rings (SSSR count). The summed E-state index contributed by atoms with van der Waals surface area (Å²) in [6.07, 6.45) is 0. The van der Waals surface area contributed by atoms with Gasteiger partial charge in [0.1, 0.15) is 12.4 Å². The largest absolute Gasteiger partial charge is 0.492 e. The van der Waals surface area contributed by atoms with Crippen molar-refractivity contribution in [3.63, 3.8) is 0 Å². The van der Waals surface area contributed by atoms with Crippen LogP contribution in [-0.2, 0) is 0 Å². The highest BCUT2D eigenvalue weighted by Crippen LogP contribution is 2.25. The predicted molar refractivity (Wildman–Crippen MR) is 64.5 cm³/mol. The van der Waals surface area contributed by atoms with Crippen molar-refractivity contribution in [2.75, 3.05) is 13.7 Å². The second kappa shape index (κ2) is 5.76. The number of rotatable bonds is 5. The second-order valence-electron chi connectivity index (χ2n) is 4.19. The minimum absolute atomic E-state index is 0.380. The van der Waals surface area contributed by atoms with E-state index >= 15 is 0 Å². The quantitative estimate of drug-likeness (QED) is 0.801. The predicted octanol–water partition coefficient (Wildman–Crippen LogP) is 2.80. The molecule has 2 nitrogen and oxygen atoms in total. The summed E-state index contributed by atoms with van der Waals surface area (Å²) in [5.41, 5.74) is 1.28. The Bertz CT molecular complexity index is 296. The third kappa shape index (κ3) is 3.56. The highest BCUT2D eigenvalue weighted by Gasteiger charge is 2.07. The number of benzene rings is 1. The molecule has 1 atom stereocenters. The zero-order valence-corrected chi connectivity index (χ0v) is 10.1. The van der Waals surface area contributed by atoms with Gasteiger partial charge in [-0.2, -0.15) is 0 Å². The van der Waals surface area contributed by atoms with Gasteiger partial charge in [-0.1, -0.05) is 32.0 Å². The number of hydrogen-bond acceptors (Lipinski definition) is 2. The Labute approximate surface area is 92.6 Å². The van der Waals surface area contributed by atoms with E-state index in [-0.39, 0.29) is 0 Å². The first-order chi connectivity index (χ1) is 7.15. The van der Waals surface area contributed by atoms with Gasteiger partial charge < -0.3 is 10.1 Å². The van der Waals surface area contributed by atoms with Gasteiger partial charge in [0.15, 0.2) is 0 Å². The van der Waals surface area contributed by atoms with E-state index in [2.05, 4.69) is 38.2 Å². The molecule has 0 aliphatic carbocycles. The Hall–Kier alpha value is -1.02. The Morgan fingerprint density at radius 1 is 1.20 bits per heavy atom. The van der Waals surface area contributed by atoms with Crippen LogP contribution in [0.25, 0.3) is 0 Å². The molecule has 2 heteroatoms. The zero-order valence-electron chi connectivity index (χ0n) is 10.1. The number of ether oxygens (including phenoxy) is 1. The summed E-state index contributed by atoms with van der Waals surface area (Å²) in [5.74, 6) is 1.51. The Balaban J connectivity index is 2.67. The number of nitrogens with one attached hydrogen (secondary N) is 1. The van der Waals surface area contributed by atoms with E-state index in [0.29, 0.717) is 18.6 Å². The number of para-hydroxylation sites is 1. The van der Waals surface area contributed by atoms with E-state index in [1.807, 2.05) is 19.2 Å². The molecular weight excluding hydrogens is 186 g/mol. The summed E-state index contributed by atoms with van der Waals surface area (Å²) in [5, 5.41) is 3.16. The number of likely N-dealkylation sites (N-methyl/N-ethyl adjacent to an activating group) is 1. The molecule has 0 aliphatic rings. The van der Waals surface area contributed by atoms with Crippen LogP contribution >= 0.6 is 0 Å². The highest BCUT2D eigenvalue weighted by atomic mass is 16.5. The van der Waals surface area contributed by atoms with Crippen molar-refractivity contribution in [3.05, 3.63) is 29.8 Å². The van der Waals surface area contributed by atoms with E-state index in [1.165, 1.54) is 5.56 Å². The second-order valence-corrected chi connectivity index (χ2v) is 4.19. The van der Waals surface area contributed by atoms with Gasteiger partial charge in [-0.05, 0) is 31.5 Å². The Kier molecular flexibility index (Phi) is 4.63. The van der Waals surface area contributed by atoms with Crippen LogP contribution in [0.2, 0.25) is 0 Å². The summed E-state index contributed by atoms with van der Waals surface area (Å²) < 4.78 is 5.79. The molecule has 15 heavy (non-hydrogen) atoms. The van der Waals surface area contributed by atoms with Gasteiger partial charge in [0, 0.05) is 6.04 Å². The molecule has 0 amide bonds. The lowest BCUT2D eigenvalue weighted by Crippen LogP contribution is -2.28. The average Bonchev–Trinajstić information content (AvgIpc) is 2.26. The summed E-state index contributed by atoms with van der Waals surface area (Å²) in [4.78, 5) is 0. The Morgan fingerprint density at radius 2 is 1.87 bits per heavy atom. The molecule has 0 bridgehead atoms. The fraction of sp³-hybridized carbons (Fsp3) is 0.538. The first-order valence-electron chi connectivity index (χ1n) is 5.54. The molecule has 0 aliphatic heterocycles. The number of hydrogen-bond donors (Lipinski definition) is 1. The van der Waals surface area contributed by atoms with Crippen molar-refractivity contribution >= 4 is 0 Å². The van der Waals surface area contributed by atoms with E-state index in [9.17, 15) is 0 Å². The highest BCUT2D eigenvalue weighted by molar-refractivity contribution is 5.35. The standard InChI is InChI=1S/C13H21NO/c1-10(2)12-7-5-6-8-13(12)15-9-11(3)14-4/h5-8,10-11,14H,9H2,1-4H3. The maximum atomic E-state index is 5.79. The van der Waals surface area contributed by atoms with Crippen LogP contribution in [-0.4, -0.2) is 19.7 Å². The first-order valence-corrected chi connectivity index (χ1v) is 5.54. The molecule has 0 saturated carbocycles. The van der Waals surface area contributed by atoms with Gasteiger partial charge in [-0.15, -0.1) is 0 Å². The molecule has 0 spiro atoms. The van der Waals surface area contributed by atoms with E-state index < -0.39 is 0 Å². The summed E-state index contributed by atoms with van der Waals surface area (Å²) in [6, 6.07) is 8.63. The van der Waals surface area contributed by atoms with E-state index in [0.717, 1.165) is 5.75 Å². The maximum Gasteiger partial charge on any atom is 0.122 e. The van der Waals surface area contributed by atoms with Gasteiger partial charge in [-0.25, -0.2) is 0 Å². The zero-order chi connectivity index (χ0) is 11.3. The van der Waals surface area contributed by atoms with Gasteiger partial charge in [0.25, 0.3) is 0 Å². The van der Waals surface area contributed by atoms with Crippen LogP contribution in [0.3, 0.4) is 0 Å². The third-order valence-corrected chi connectivity index (χ3v) is 2.52. The van der Waals surface area contributed by atoms with Crippen LogP contribution in [0.1, 0.15) is 32.3 Å². The van der Waals surface area contributed by atoms with Crippen molar-refractivity contribution in [1.29, 1.82) is 0 Å². The molecule has 84 valence electrons. The third-order valence-electron chi connectivity index (χ3n) is 2.52. The molecule has 1 aromatic carbocycles. The molecule has 0 radical (unpaired) electrons. The summed E-state index contributed by atoms with van der Waals surface area (Å²) in [6.45, 7) is 7.19. The maximum absolute atomic E-state index is 5.79. The van der Waals surface area contributed by atoms with Crippen LogP contribution in [0.4, 0.5) is 0 Å². The van der Waals surface area contributed by atoms with Crippen molar-refractivity contribution < 1.29 is 4.74 Å². The molecular formula is C13H21NO. The SMILES string of the molecule is CNC(C)COc1ccccc1C(C)C. The van der Waals surface area contributed by atoms with Gasteiger partial charge in [0.05, 0.1) is 0 Å². The van der Waals surface area contributed by atoms with Crippen LogP contribution < -0.4 is 10.1 Å². The van der Waals surface area contributed by atoms with Crippen molar-refractivity contribution in [2.24, 2.45) is 0 Å². The van der Waals surface area contributed by atoms with Crippen molar-refractivity contribution in [3.8, 4) is 5.75 Å². The van der Waals surface area contributed by atoms with Gasteiger partial charge in [-0.3, -0.25) is 0 Å². The van der Waals surface area contributed by atoms with E-state index in [4.69, 9.17) is 4.74 Å².